The van der Waals surface area contributed by atoms with Gasteiger partial charge >= 0.3 is 0 Å². The number of rotatable bonds is 4. The number of carbonyl (C=O) groups excluding carboxylic acids is 1. The summed E-state index contributed by atoms with van der Waals surface area (Å²) in [7, 11) is 0. The van der Waals surface area contributed by atoms with Crippen molar-refractivity contribution in [2.24, 2.45) is 5.92 Å². The molecule has 3 heterocycles. The number of fused-ring (bicyclic) bond motifs is 1. The van der Waals surface area contributed by atoms with Gasteiger partial charge in [-0.05, 0) is 43.7 Å². The maximum atomic E-state index is 12.1. The number of thiophene rings is 1. The predicted molar refractivity (Wildman–Crippen MR) is 81.8 cm³/mol. The topological polar surface area (TPSA) is 44.4 Å². The number of carbonyl (C=O) groups is 1. The standard InChI is InChI=1S/C15H23N3OS/c1-11(14-3-2-8-20-14)17-15(19)10-18-7-5-13-12(9-18)4-6-16-13/h2-3,8,11-13,16H,4-7,9-10H2,1H3,(H,17,19). The van der Waals surface area contributed by atoms with E-state index in [1.165, 1.54) is 17.7 Å². The van der Waals surface area contributed by atoms with Gasteiger partial charge < -0.3 is 10.6 Å². The summed E-state index contributed by atoms with van der Waals surface area (Å²) in [6, 6.07) is 4.92. The Morgan fingerprint density at radius 2 is 2.50 bits per heavy atom. The number of piperidine rings is 1. The van der Waals surface area contributed by atoms with Gasteiger partial charge in [0, 0.05) is 24.0 Å². The van der Waals surface area contributed by atoms with Gasteiger partial charge in [0.1, 0.15) is 0 Å². The van der Waals surface area contributed by atoms with Gasteiger partial charge in [0.05, 0.1) is 12.6 Å². The molecular formula is C15H23N3OS. The summed E-state index contributed by atoms with van der Waals surface area (Å²) >= 11 is 1.70. The lowest BCUT2D eigenvalue weighted by Gasteiger charge is -2.34. The van der Waals surface area contributed by atoms with Gasteiger partial charge in [-0.3, -0.25) is 9.69 Å². The van der Waals surface area contributed by atoms with Gasteiger partial charge in [0.2, 0.25) is 5.91 Å². The number of nitrogens with one attached hydrogen (secondary N) is 2. The average molecular weight is 293 g/mol. The third-order valence-corrected chi connectivity index (χ3v) is 5.51. The lowest BCUT2D eigenvalue weighted by atomic mass is 9.93. The summed E-state index contributed by atoms with van der Waals surface area (Å²) in [5.41, 5.74) is 0. The molecule has 2 fully saturated rings. The summed E-state index contributed by atoms with van der Waals surface area (Å²) < 4.78 is 0. The van der Waals surface area contributed by atoms with Crippen molar-refractivity contribution < 1.29 is 4.79 Å². The normalized spacial score (nSPS) is 28.1. The molecule has 2 N–H and O–H groups in total. The van der Waals surface area contributed by atoms with Crippen LogP contribution in [0.25, 0.3) is 0 Å². The van der Waals surface area contributed by atoms with Gasteiger partial charge in [0.25, 0.3) is 0 Å². The van der Waals surface area contributed by atoms with Crippen LogP contribution in [0.3, 0.4) is 0 Å². The second-order valence-electron chi connectivity index (χ2n) is 5.94. The predicted octanol–water partition coefficient (Wildman–Crippen LogP) is 1.61. The van der Waals surface area contributed by atoms with E-state index in [0.29, 0.717) is 12.6 Å². The molecule has 0 aromatic carbocycles. The zero-order valence-corrected chi connectivity index (χ0v) is 12.8. The van der Waals surface area contributed by atoms with Gasteiger partial charge in [-0.25, -0.2) is 0 Å². The fourth-order valence-corrected chi connectivity index (χ4v) is 4.10. The molecule has 20 heavy (non-hydrogen) atoms. The highest BCUT2D eigenvalue weighted by Gasteiger charge is 2.33. The second kappa shape index (κ2) is 6.24. The lowest BCUT2D eigenvalue weighted by Crippen LogP contribution is -2.48. The van der Waals surface area contributed by atoms with Crippen molar-refractivity contribution in [2.45, 2.75) is 31.8 Å². The van der Waals surface area contributed by atoms with Crippen LogP contribution in [-0.2, 0) is 4.79 Å². The van der Waals surface area contributed by atoms with Crippen molar-refractivity contribution >= 4 is 17.2 Å². The Balaban J connectivity index is 1.47. The summed E-state index contributed by atoms with van der Waals surface area (Å²) in [5, 5.41) is 8.71. The molecule has 1 aromatic heterocycles. The van der Waals surface area contributed by atoms with Crippen molar-refractivity contribution in [2.75, 3.05) is 26.2 Å². The molecule has 2 saturated heterocycles. The van der Waals surface area contributed by atoms with Gasteiger partial charge in [0.15, 0.2) is 0 Å². The molecule has 4 nitrogen and oxygen atoms in total. The molecule has 0 aliphatic carbocycles. The van der Waals surface area contributed by atoms with Crippen molar-refractivity contribution in [1.29, 1.82) is 0 Å². The van der Waals surface area contributed by atoms with Crippen molar-refractivity contribution in [1.82, 2.24) is 15.5 Å². The Morgan fingerprint density at radius 1 is 1.60 bits per heavy atom. The van der Waals surface area contributed by atoms with E-state index in [-0.39, 0.29) is 11.9 Å². The Hall–Kier alpha value is -0.910. The van der Waals surface area contributed by atoms with E-state index < -0.39 is 0 Å². The Kier molecular flexibility index (Phi) is 4.38. The highest BCUT2D eigenvalue weighted by atomic mass is 32.1. The van der Waals surface area contributed by atoms with E-state index in [4.69, 9.17) is 0 Å². The molecule has 3 unspecified atom stereocenters. The molecule has 0 bridgehead atoms. The lowest BCUT2D eigenvalue weighted by molar-refractivity contribution is -0.123. The summed E-state index contributed by atoms with van der Waals surface area (Å²) in [6.07, 6.45) is 2.44. The Morgan fingerprint density at radius 3 is 3.30 bits per heavy atom. The minimum atomic E-state index is 0.119. The summed E-state index contributed by atoms with van der Waals surface area (Å²) in [6.45, 7) is 5.84. The van der Waals surface area contributed by atoms with E-state index in [1.54, 1.807) is 11.3 Å². The van der Waals surface area contributed by atoms with Crippen molar-refractivity contribution in [3.8, 4) is 0 Å². The maximum absolute atomic E-state index is 12.1. The first-order valence-electron chi connectivity index (χ1n) is 7.51. The highest BCUT2D eigenvalue weighted by Crippen LogP contribution is 2.24. The SMILES string of the molecule is CC(NC(=O)CN1CCC2NCCC2C1)c1cccs1. The molecule has 0 saturated carbocycles. The third kappa shape index (κ3) is 3.22. The van der Waals surface area contributed by atoms with Crippen LogP contribution in [-0.4, -0.2) is 43.0 Å². The molecule has 2 aliphatic heterocycles. The Labute approximate surface area is 124 Å². The van der Waals surface area contributed by atoms with E-state index >= 15 is 0 Å². The fourth-order valence-electron chi connectivity index (χ4n) is 3.37. The Bertz CT molecular complexity index is 448. The molecule has 3 rings (SSSR count). The van der Waals surface area contributed by atoms with E-state index in [2.05, 4.69) is 33.9 Å². The maximum Gasteiger partial charge on any atom is 0.234 e. The van der Waals surface area contributed by atoms with Crippen LogP contribution in [0, 0.1) is 5.92 Å². The molecule has 2 aliphatic rings. The minimum absolute atomic E-state index is 0.119. The molecule has 5 heteroatoms. The van der Waals surface area contributed by atoms with Crippen LogP contribution < -0.4 is 10.6 Å². The molecule has 1 amide bonds. The van der Waals surface area contributed by atoms with E-state index in [1.807, 2.05) is 6.07 Å². The van der Waals surface area contributed by atoms with Crippen molar-refractivity contribution in [3.63, 3.8) is 0 Å². The quantitative estimate of drug-likeness (QED) is 0.886. The zero-order valence-electron chi connectivity index (χ0n) is 12.0. The van der Waals surface area contributed by atoms with Crippen LogP contribution in [0.2, 0.25) is 0 Å². The third-order valence-electron chi connectivity index (χ3n) is 4.45. The largest absolute Gasteiger partial charge is 0.348 e. The van der Waals surface area contributed by atoms with Crippen LogP contribution >= 0.6 is 11.3 Å². The van der Waals surface area contributed by atoms with Crippen molar-refractivity contribution in [3.05, 3.63) is 22.4 Å². The molecule has 0 radical (unpaired) electrons. The van der Waals surface area contributed by atoms with E-state index in [9.17, 15) is 4.79 Å². The first-order chi connectivity index (χ1) is 9.72. The number of hydrogen-bond donors (Lipinski definition) is 2. The number of nitrogens with zero attached hydrogens (tertiary/aromatic N) is 1. The highest BCUT2D eigenvalue weighted by molar-refractivity contribution is 7.10. The van der Waals surface area contributed by atoms with Gasteiger partial charge in [-0.2, -0.15) is 0 Å². The zero-order chi connectivity index (χ0) is 13.9. The van der Waals surface area contributed by atoms with Crippen LogP contribution in [0.4, 0.5) is 0 Å². The minimum Gasteiger partial charge on any atom is -0.348 e. The van der Waals surface area contributed by atoms with Gasteiger partial charge in [-0.15, -0.1) is 11.3 Å². The fraction of sp³-hybridized carbons (Fsp3) is 0.667. The molecule has 3 atom stereocenters. The summed E-state index contributed by atoms with van der Waals surface area (Å²) in [5.74, 6) is 0.890. The van der Waals surface area contributed by atoms with Crippen LogP contribution in [0.1, 0.15) is 30.7 Å². The van der Waals surface area contributed by atoms with Crippen LogP contribution in [0.15, 0.2) is 17.5 Å². The first kappa shape index (κ1) is 14.0. The smallest absolute Gasteiger partial charge is 0.234 e. The molecule has 1 aromatic rings. The van der Waals surface area contributed by atoms with Gasteiger partial charge in [-0.1, -0.05) is 6.07 Å². The number of amides is 1. The molecule has 110 valence electrons. The number of hydrogen-bond acceptors (Lipinski definition) is 4. The molecular weight excluding hydrogens is 270 g/mol. The molecule has 0 spiro atoms. The summed E-state index contributed by atoms with van der Waals surface area (Å²) in [4.78, 5) is 15.7. The first-order valence-corrected chi connectivity index (χ1v) is 8.39. The number of likely N-dealkylation sites (tertiary alicyclic amines) is 1. The second-order valence-corrected chi connectivity index (χ2v) is 6.92. The average Bonchev–Trinajstić information content (AvgIpc) is 3.09. The van der Waals surface area contributed by atoms with Crippen LogP contribution in [0.5, 0.6) is 0 Å². The van der Waals surface area contributed by atoms with E-state index in [0.717, 1.165) is 25.6 Å². The monoisotopic (exact) mass is 293 g/mol.